The van der Waals surface area contributed by atoms with E-state index in [9.17, 15) is 10.4 Å². The Labute approximate surface area is 126 Å². The largest absolute Gasteiger partial charge is 0.388 e. The number of rotatable bonds is 1. The fraction of sp³-hybridized carbons (Fsp3) is 0.611. The van der Waals surface area contributed by atoms with Crippen molar-refractivity contribution in [1.29, 1.82) is 5.26 Å². The van der Waals surface area contributed by atoms with Crippen molar-refractivity contribution in [3.8, 4) is 6.07 Å². The smallest absolute Gasteiger partial charge is 0.111 e. The van der Waals surface area contributed by atoms with Crippen molar-refractivity contribution < 1.29 is 5.11 Å². The highest BCUT2D eigenvalue weighted by molar-refractivity contribution is 5.45. The van der Waals surface area contributed by atoms with Crippen LogP contribution < -0.4 is 5.32 Å². The second-order valence-electron chi connectivity index (χ2n) is 7.11. The van der Waals surface area contributed by atoms with Crippen LogP contribution in [0.15, 0.2) is 24.3 Å². The molecule has 0 aromatic heterocycles. The Hall–Kier alpha value is -1.37. The van der Waals surface area contributed by atoms with Crippen LogP contribution in [0.4, 0.5) is 0 Å². The molecule has 3 unspecified atom stereocenters. The monoisotopic (exact) mass is 282 g/mol. The van der Waals surface area contributed by atoms with Gasteiger partial charge in [0.15, 0.2) is 0 Å². The maximum Gasteiger partial charge on any atom is 0.111 e. The summed E-state index contributed by atoms with van der Waals surface area (Å²) in [4.78, 5) is 0. The summed E-state index contributed by atoms with van der Waals surface area (Å²) in [5, 5.41) is 25.2. The van der Waals surface area contributed by atoms with E-state index in [1.54, 1.807) is 0 Å². The van der Waals surface area contributed by atoms with Crippen molar-refractivity contribution in [3.63, 3.8) is 0 Å². The molecule has 4 rings (SSSR count). The minimum absolute atomic E-state index is 0.382. The fourth-order valence-corrected chi connectivity index (χ4v) is 5.01. The van der Waals surface area contributed by atoms with Crippen molar-refractivity contribution in [2.45, 2.75) is 68.0 Å². The number of nitriles is 1. The molecule has 0 amide bonds. The summed E-state index contributed by atoms with van der Waals surface area (Å²) >= 11 is 0. The van der Waals surface area contributed by atoms with Crippen molar-refractivity contribution >= 4 is 0 Å². The molecule has 21 heavy (non-hydrogen) atoms. The van der Waals surface area contributed by atoms with Crippen molar-refractivity contribution in [1.82, 2.24) is 5.32 Å². The fourth-order valence-electron chi connectivity index (χ4n) is 5.01. The predicted molar refractivity (Wildman–Crippen MR) is 80.8 cm³/mol. The first kappa shape index (κ1) is 13.3. The minimum Gasteiger partial charge on any atom is -0.388 e. The predicted octanol–water partition coefficient (Wildman–Crippen LogP) is 2.43. The number of piperidine rings is 1. The molecule has 2 aliphatic heterocycles. The van der Waals surface area contributed by atoms with E-state index in [2.05, 4.69) is 23.5 Å². The lowest BCUT2D eigenvalue weighted by atomic mass is 9.58. The van der Waals surface area contributed by atoms with Gasteiger partial charge in [-0.2, -0.15) is 5.26 Å². The average Bonchev–Trinajstić information content (AvgIpc) is 2.85. The Morgan fingerprint density at radius 3 is 2.62 bits per heavy atom. The Balaban J connectivity index is 1.83. The lowest BCUT2D eigenvalue weighted by molar-refractivity contribution is -0.0618. The molecule has 110 valence electrons. The number of hydrogen-bond donors (Lipinski definition) is 2. The SMILES string of the molecule is N#CC1(C2(O)CC3CCC(C2)N3)CCCc2ccccc21. The summed E-state index contributed by atoms with van der Waals surface area (Å²) < 4.78 is 0. The molecule has 2 saturated heterocycles. The molecule has 2 fully saturated rings. The van der Waals surface area contributed by atoms with Crippen LogP contribution in [0.25, 0.3) is 0 Å². The van der Waals surface area contributed by atoms with Crippen molar-refractivity contribution in [2.75, 3.05) is 0 Å². The highest BCUT2D eigenvalue weighted by Gasteiger charge is 2.57. The number of hydrogen-bond acceptors (Lipinski definition) is 3. The average molecular weight is 282 g/mol. The number of nitrogens with zero attached hydrogens (tertiary/aromatic N) is 1. The van der Waals surface area contributed by atoms with Gasteiger partial charge in [-0.1, -0.05) is 24.3 Å². The third kappa shape index (κ3) is 1.79. The van der Waals surface area contributed by atoms with Crippen LogP contribution in [0.2, 0.25) is 0 Å². The van der Waals surface area contributed by atoms with E-state index in [4.69, 9.17) is 0 Å². The normalized spacial score (nSPS) is 41.3. The molecule has 1 aromatic carbocycles. The van der Waals surface area contributed by atoms with Gasteiger partial charge in [0, 0.05) is 12.1 Å². The van der Waals surface area contributed by atoms with E-state index in [1.165, 1.54) is 5.56 Å². The lowest BCUT2D eigenvalue weighted by Crippen LogP contribution is -2.60. The summed E-state index contributed by atoms with van der Waals surface area (Å²) in [7, 11) is 0. The summed E-state index contributed by atoms with van der Waals surface area (Å²) in [5.74, 6) is 0. The Morgan fingerprint density at radius 2 is 1.90 bits per heavy atom. The van der Waals surface area contributed by atoms with Gasteiger partial charge in [0.1, 0.15) is 5.41 Å². The maximum absolute atomic E-state index is 11.5. The number of benzene rings is 1. The molecule has 2 N–H and O–H groups in total. The van der Waals surface area contributed by atoms with Gasteiger partial charge in [-0.15, -0.1) is 0 Å². The van der Waals surface area contributed by atoms with Gasteiger partial charge in [0.2, 0.25) is 0 Å². The van der Waals surface area contributed by atoms with E-state index in [0.29, 0.717) is 24.9 Å². The second-order valence-corrected chi connectivity index (χ2v) is 7.11. The van der Waals surface area contributed by atoms with E-state index in [1.807, 2.05) is 12.1 Å². The van der Waals surface area contributed by atoms with Crippen molar-refractivity contribution in [3.05, 3.63) is 35.4 Å². The third-order valence-corrected chi connectivity index (χ3v) is 5.96. The number of aliphatic hydroxyl groups is 1. The molecular weight excluding hydrogens is 260 g/mol. The van der Waals surface area contributed by atoms with Gasteiger partial charge in [0.25, 0.3) is 0 Å². The van der Waals surface area contributed by atoms with Gasteiger partial charge in [0.05, 0.1) is 11.7 Å². The van der Waals surface area contributed by atoms with E-state index < -0.39 is 11.0 Å². The zero-order valence-electron chi connectivity index (χ0n) is 12.3. The molecule has 1 aromatic rings. The zero-order valence-corrected chi connectivity index (χ0v) is 12.3. The summed E-state index contributed by atoms with van der Waals surface area (Å²) in [6.07, 6.45) is 6.51. The van der Waals surface area contributed by atoms with Crippen molar-refractivity contribution in [2.24, 2.45) is 0 Å². The van der Waals surface area contributed by atoms with Crippen LogP contribution in [0.5, 0.6) is 0 Å². The quantitative estimate of drug-likeness (QED) is 0.832. The van der Waals surface area contributed by atoms with E-state index in [-0.39, 0.29) is 0 Å². The summed E-state index contributed by atoms with van der Waals surface area (Å²) in [6.45, 7) is 0. The molecule has 3 nitrogen and oxygen atoms in total. The lowest BCUT2D eigenvalue weighted by Gasteiger charge is -2.50. The van der Waals surface area contributed by atoms with Crippen LogP contribution in [-0.4, -0.2) is 22.8 Å². The molecule has 0 saturated carbocycles. The van der Waals surface area contributed by atoms with E-state index >= 15 is 0 Å². The maximum atomic E-state index is 11.5. The van der Waals surface area contributed by atoms with Gasteiger partial charge >= 0.3 is 0 Å². The molecular formula is C18H22N2O. The van der Waals surface area contributed by atoms with E-state index in [0.717, 1.165) is 37.7 Å². The number of fused-ring (bicyclic) bond motifs is 3. The molecule has 2 bridgehead atoms. The van der Waals surface area contributed by atoms with Crippen LogP contribution in [-0.2, 0) is 11.8 Å². The summed E-state index contributed by atoms with van der Waals surface area (Å²) in [6, 6.07) is 11.6. The molecule has 1 aliphatic carbocycles. The van der Waals surface area contributed by atoms with Crippen LogP contribution in [0, 0.1) is 11.3 Å². The molecule has 3 aliphatic rings. The van der Waals surface area contributed by atoms with Gasteiger partial charge in [-0.3, -0.25) is 0 Å². The second kappa shape index (κ2) is 4.56. The van der Waals surface area contributed by atoms with Crippen LogP contribution in [0.3, 0.4) is 0 Å². The summed E-state index contributed by atoms with van der Waals surface area (Å²) in [5.41, 5.74) is 0.743. The van der Waals surface area contributed by atoms with Crippen LogP contribution in [0.1, 0.15) is 49.7 Å². The highest BCUT2D eigenvalue weighted by atomic mass is 16.3. The Bertz CT molecular complexity index is 593. The highest BCUT2D eigenvalue weighted by Crippen LogP contribution is 2.51. The standard InChI is InChI=1S/C18H22N2O/c19-12-17(9-3-5-13-4-1-2-6-16(13)17)18(21)10-14-7-8-15(11-18)20-14/h1-2,4,6,14-15,20-21H,3,5,7-11H2. The number of nitrogens with one attached hydrogen (secondary N) is 1. The first-order valence-electron chi connectivity index (χ1n) is 8.15. The topological polar surface area (TPSA) is 56.0 Å². The Morgan fingerprint density at radius 1 is 1.19 bits per heavy atom. The van der Waals surface area contributed by atoms with Gasteiger partial charge < -0.3 is 10.4 Å². The first-order valence-corrected chi connectivity index (χ1v) is 8.15. The minimum atomic E-state index is -0.880. The molecule has 0 spiro atoms. The molecule has 3 heteroatoms. The van der Waals surface area contributed by atoms with Gasteiger partial charge in [-0.05, 0) is 56.1 Å². The van der Waals surface area contributed by atoms with Crippen LogP contribution >= 0.6 is 0 Å². The Kier molecular flexibility index (Phi) is 2.89. The zero-order chi connectivity index (χ0) is 14.5. The van der Waals surface area contributed by atoms with Gasteiger partial charge in [-0.25, -0.2) is 0 Å². The molecule has 0 radical (unpaired) electrons. The number of aryl methyl sites for hydroxylation is 1. The third-order valence-electron chi connectivity index (χ3n) is 5.96. The first-order chi connectivity index (χ1) is 10.2. The molecule has 2 heterocycles. The molecule has 3 atom stereocenters.